The lowest BCUT2D eigenvalue weighted by molar-refractivity contribution is -0.126. The number of aryl methyl sites for hydroxylation is 1. The molecule has 20 heavy (non-hydrogen) atoms. The molecular formula is C15H19N3OS. The van der Waals surface area contributed by atoms with E-state index in [1.807, 2.05) is 12.1 Å². The van der Waals surface area contributed by atoms with Crippen LogP contribution in [0.1, 0.15) is 5.56 Å². The first-order valence-corrected chi connectivity index (χ1v) is 7.63. The second-order valence-electron chi connectivity index (χ2n) is 4.85. The fraction of sp³-hybridized carbons (Fsp3) is 0.333. The molecule has 4 nitrogen and oxygen atoms in total. The maximum absolute atomic E-state index is 11.6. The summed E-state index contributed by atoms with van der Waals surface area (Å²) < 4.78 is 0. The van der Waals surface area contributed by atoms with Crippen molar-refractivity contribution in [2.24, 2.45) is 0 Å². The minimum absolute atomic E-state index is 0.0299. The first-order valence-electron chi connectivity index (χ1n) is 6.40. The normalized spacial score (nSPS) is 10.6. The molecule has 0 spiro atoms. The van der Waals surface area contributed by atoms with Crippen molar-refractivity contribution in [3.05, 3.63) is 29.8 Å². The highest BCUT2D eigenvalue weighted by molar-refractivity contribution is 7.98. The van der Waals surface area contributed by atoms with Crippen molar-refractivity contribution in [2.75, 3.05) is 32.2 Å². The van der Waals surface area contributed by atoms with E-state index in [4.69, 9.17) is 0 Å². The summed E-state index contributed by atoms with van der Waals surface area (Å²) in [6, 6.07) is 8.22. The minimum atomic E-state index is 0.0299. The number of thioether (sulfide) groups is 1. The molecule has 0 unspecified atom stereocenters. The van der Waals surface area contributed by atoms with Crippen molar-refractivity contribution in [1.82, 2.24) is 9.88 Å². The molecule has 0 saturated carbocycles. The molecule has 0 bridgehead atoms. The number of hydrogen-bond donors (Lipinski definition) is 1. The van der Waals surface area contributed by atoms with E-state index in [1.54, 1.807) is 30.8 Å². The van der Waals surface area contributed by atoms with Crippen molar-refractivity contribution < 1.29 is 4.79 Å². The summed E-state index contributed by atoms with van der Waals surface area (Å²) in [6.45, 7) is 2.32. The molecule has 1 N–H and O–H groups in total. The number of carbonyl (C=O) groups is 1. The van der Waals surface area contributed by atoms with Crippen LogP contribution >= 0.6 is 11.8 Å². The molecule has 1 aromatic heterocycles. The number of nitrogens with one attached hydrogen (secondary N) is 1. The Morgan fingerprint density at radius 1 is 1.35 bits per heavy atom. The van der Waals surface area contributed by atoms with Crippen LogP contribution in [0.5, 0.6) is 0 Å². The van der Waals surface area contributed by atoms with Gasteiger partial charge in [0.05, 0.1) is 12.1 Å². The number of aromatic nitrogens is 1. The van der Waals surface area contributed by atoms with Gasteiger partial charge in [-0.15, -0.1) is 11.8 Å². The van der Waals surface area contributed by atoms with Crippen molar-refractivity contribution in [3.63, 3.8) is 0 Å². The Hall–Kier alpha value is -1.75. The Morgan fingerprint density at radius 2 is 2.10 bits per heavy atom. The average molecular weight is 289 g/mol. The Morgan fingerprint density at radius 3 is 2.75 bits per heavy atom. The maximum atomic E-state index is 11.6. The maximum Gasteiger partial charge on any atom is 0.241 e. The highest BCUT2D eigenvalue weighted by Gasteiger charge is 2.07. The largest absolute Gasteiger partial charge is 0.361 e. The highest BCUT2D eigenvalue weighted by atomic mass is 32.2. The lowest BCUT2D eigenvalue weighted by Gasteiger charge is -2.12. The molecule has 0 saturated heterocycles. The standard InChI is InChI=1S/C15H19N3OS/c1-10-7-14(16-9-15(19)18(2)3)17-13-6-5-11(20-4)8-12(10)13/h5-8H,9H2,1-4H3,(H,16,17). The molecule has 106 valence electrons. The van der Waals surface area contributed by atoms with Gasteiger partial charge in [-0.1, -0.05) is 0 Å². The summed E-state index contributed by atoms with van der Waals surface area (Å²) in [7, 11) is 3.49. The number of rotatable bonds is 4. The first kappa shape index (κ1) is 14.7. The molecule has 0 aliphatic rings. The van der Waals surface area contributed by atoms with Gasteiger partial charge in [0, 0.05) is 24.4 Å². The molecule has 0 atom stereocenters. The minimum Gasteiger partial charge on any atom is -0.361 e. The van der Waals surface area contributed by atoms with Crippen LogP contribution in [-0.2, 0) is 4.79 Å². The van der Waals surface area contributed by atoms with Crippen LogP contribution in [0, 0.1) is 6.92 Å². The second-order valence-corrected chi connectivity index (χ2v) is 5.73. The van der Waals surface area contributed by atoms with Crippen LogP contribution in [0.2, 0.25) is 0 Å². The van der Waals surface area contributed by atoms with Gasteiger partial charge >= 0.3 is 0 Å². The Labute approximate surface area is 123 Å². The predicted molar refractivity (Wildman–Crippen MR) is 85.4 cm³/mol. The van der Waals surface area contributed by atoms with Crippen molar-refractivity contribution in [3.8, 4) is 0 Å². The van der Waals surface area contributed by atoms with Gasteiger partial charge in [0.25, 0.3) is 0 Å². The summed E-state index contributed by atoms with van der Waals surface area (Å²) in [4.78, 5) is 18.9. The number of fused-ring (bicyclic) bond motifs is 1. The summed E-state index contributed by atoms with van der Waals surface area (Å²) in [5, 5.41) is 4.23. The lowest BCUT2D eigenvalue weighted by atomic mass is 10.1. The van der Waals surface area contributed by atoms with E-state index in [0.29, 0.717) is 0 Å². The summed E-state index contributed by atoms with van der Waals surface area (Å²) in [5.74, 6) is 0.768. The Balaban J connectivity index is 2.26. The third-order valence-electron chi connectivity index (χ3n) is 3.14. The fourth-order valence-corrected chi connectivity index (χ4v) is 2.36. The highest BCUT2D eigenvalue weighted by Crippen LogP contribution is 2.25. The van der Waals surface area contributed by atoms with E-state index in [9.17, 15) is 4.79 Å². The lowest BCUT2D eigenvalue weighted by Crippen LogP contribution is -2.28. The van der Waals surface area contributed by atoms with Crippen LogP contribution in [0.3, 0.4) is 0 Å². The first-order chi connectivity index (χ1) is 9.51. The van der Waals surface area contributed by atoms with E-state index in [1.165, 1.54) is 4.90 Å². The second kappa shape index (κ2) is 6.13. The number of nitrogens with zero attached hydrogens (tertiary/aromatic N) is 2. The zero-order chi connectivity index (χ0) is 14.7. The van der Waals surface area contributed by atoms with Crippen molar-refractivity contribution in [1.29, 1.82) is 0 Å². The van der Waals surface area contributed by atoms with Crippen LogP contribution in [0.25, 0.3) is 10.9 Å². The third-order valence-corrected chi connectivity index (χ3v) is 3.87. The summed E-state index contributed by atoms with van der Waals surface area (Å²) in [5.41, 5.74) is 2.10. The van der Waals surface area contributed by atoms with Crippen molar-refractivity contribution in [2.45, 2.75) is 11.8 Å². The SMILES string of the molecule is CSc1ccc2nc(NCC(=O)N(C)C)cc(C)c2c1. The van der Waals surface area contributed by atoms with Gasteiger partial charge in [0.1, 0.15) is 5.82 Å². The van der Waals surface area contributed by atoms with Crippen LogP contribution in [0.15, 0.2) is 29.2 Å². The van der Waals surface area contributed by atoms with Gasteiger partial charge in [0.15, 0.2) is 0 Å². The van der Waals surface area contributed by atoms with E-state index >= 15 is 0 Å². The fourth-order valence-electron chi connectivity index (χ4n) is 1.92. The molecule has 5 heteroatoms. The molecule has 2 rings (SSSR count). The number of likely N-dealkylation sites (N-methyl/N-ethyl adjacent to an activating group) is 1. The van der Waals surface area contributed by atoms with Gasteiger partial charge < -0.3 is 10.2 Å². The van der Waals surface area contributed by atoms with Gasteiger partial charge in [-0.25, -0.2) is 4.98 Å². The van der Waals surface area contributed by atoms with Crippen LogP contribution in [0.4, 0.5) is 5.82 Å². The van der Waals surface area contributed by atoms with Crippen molar-refractivity contribution >= 4 is 34.4 Å². The Bertz CT molecular complexity index is 640. The summed E-state index contributed by atoms with van der Waals surface area (Å²) >= 11 is 1.72. The topological polar surface area (TPSA) is 45.2 Å². The number of benzene rings is 1. The molecule has 2 aromatic rings. The van der Waals surface area contributed by atoms with Crippen LogP contribution < -0.4 is 5.32 Å². The van der Waals surface area contributed by atoms with E-state index < -0.39 is 0 Å². The van der Waals surface area contributed by atoms with Crippen LogP contribution in [-0.4, -0.2) is 42.7 Å². The van der Waals surface area contributed by atoms with E-state index in [2.05, 4.69) is 35.6 Å². The summed E-state index contributed by atoms with van der Waals surface area (Å²) in [6.07, 6.45) is 2.06. The molecule has 0 radical (unpaired) electrons. The number of pyridine rings is 1. The quantitative estimate of drug-likeness (QED) is 0.879. The molecule has 0 fully saturated rings. The number of amides is 1. The van der Waals surface area contributed by atoms with Gasteiger partial charge in [0.2, 0.25) is 5.91 Å². The van der Waals surface area contributed by atoms with Gasteiger partial charge in [-0.3, -0.25) is 4.79 Å². The predicted octanol–water partition coefficient (Wildman–Crippen LogP) is 2.77. The Kier molecular flexibility index (Phi) is 4.49. The van der Waals surface area contributed by atoms with Gasteiger partial charge in [-0.05, 0) is 43.0 Å². The van der Waals surface area contributed by atoms with E-state index in [0.717, 1.165) is 22.3 Å². The molecule has 0 aliphatic carbocycles. The average Bonchev–Trinajstić information content (AvgIpc) is 2.44. The number of anilines is 1. The molecular weight excluding hydrogens is 270 g/mol. The smallest absolute Gasteiger partial charge is 0.241 e. The molecule has 1 heterocycles. The molecule has 1 aromatic carbocycles. The number of hydrogen-bond acceptors (Lipinski definition) is 4. The number of carbonyl (C=O) groups excluding carboxylic acids is 1. The molecule has 1 amide bonds. The monoisotopic (exact) mass is 289 g/mol. The zero-order valence-corrected chi connectivity index (χ0v) is 13.0. The zero-order valence-electron chi connectivity index (χ0n) is 12.2. The third kappa shape index (κ3) is 3.22. The molecule has 0 aliphatic heterocycles. The van der Waals surface area contributed by atoms with Gasteiger partial charge in [-0.2, -0.15) is 0 Å². The van der Waals surface area contributed by atoms with E-state index in [-0.39, 0.29) is 12.5 Å².